The summed E-state index contributed by atoms with van der Waals surface area (Å²) in [5, 5.41) is 3.58. The number of ether oxygens (including phenoxy) is 2. The number of hydrogen-bond acceptors (Lipinski definition) is 5. The number of carbonyl (C=O) groups excluding carboxylic acids is 1. The molecule has 0 radical (unpaired) electrons. The minimum absolute atomic E-state index is 0.0289. The number of amides is 1. The highest BCUT2D eigenvalue weighted by molar-refractivity contribution is 5.98. The molecule has 0 aliphatic carbocycles. The Kier molecular flexibility index (Phi) is 6.66. The summed E-state index contributed by atoms with van der Waals surface area (Å²) in [6, 6.07) is 6.65. The molecule has 1 fully saturated rings. The Bertz CT molecular complexity index is 1040. The van der Waals surface area contributed by atoms with E-state index in [1.807, 2.05) is 29.3 Å². The topological polar surface area (TPSA) is 54.0 Å². The van der Waals surface area contributed by atoms with E-state index in [9.17, 15) is 4.79 Å². The molecule has 6 nitrogen and oxygen atoms in total. The first-order valence-electron chi connectivity index (χ1n) is 11.7. The van der Waals surface area contributed by atoms with Crippen molar-refractivity contribution in [3.05, 3.63) is 65.2 Å². The fourth-order valence-corrected chi connectivity index (χ4v) is 5.02. The first kappa shape index (κ1) is 23.2. The first-order chi connectivity index (χ1) is 15.8. The Morgan fingerprint density at radius 2 is 1.70 bits per heavy atom. The second-order valence-electron chi connectivity index (χ2n) is 9.36. The van der Waals surface area contributed by atoms with Gasteiger partial charge in [0.2, 0.25) is 0 Å². The normalized spacial score (nSPS) is 25.8. The van der Waals surface area contributed by atoms with Gasteiger partial charge in [-0.15, -0.1) is 0 Å². The van der Waals surface area contributed by atoms with E-state index < -0.39 is 0 Å². The maximum absolute atomic E-state index is 13.6. The number of carbonyl (C=O) groups is 1. The highest BCUT2D eigenvalue weighted by Crippen LogP contribution is 2.37. The number of methoxy groups -OCH3 is 2. The number of nitrogens with one attached hydrogen (secondary N) is 1. The lowest BCUT2D eigenvalue weighted by Gasteiger charge is -2.40. The lowest BCUT2D eigenvalue weighted by Crippen LogP contribution is -2.53. The predicted octanol–water partition coefficient (Wildman–Crippen LogP) is 4.32. The van der Waals surface area contributed by atoms with Gasteiger partial charge in [-0.05, 0) is 68.0 Å². The van der Waals surface area contributed by atoms with Crippen LogP contribution in [-0.2, 0) is 4.79 Å². The first-order valence-corrected chi connectivity index (χ1v) is 11.7. The van der Waals surface area contributed by atoms with E-state index in [1.54, 1.807) is 20.3 Å². The van der Waals surface area contributed by atoms with Crippen molar-refractivity contribution in [3.8, 4) is 11.5 Å². The summed E-state index contributed by atoms with van der Waals surface area (Å²) in [6.45, 7) is 10.5. The molecule has 1 saturated heterocycles. The lowest BCUT2D eigenvalue weighted by molar-refractivity contribution is -0.122. The molecule has 4 rings (SSSR count). The van der Waals surface area contributed by atoms with Gasteiger partial charge in [0.1, 0.15) is 0 Å². The van der Waals surface area contributed by atoms with Crippen LogP contribution in [0, 0.1) is 5.92 Å². The van der Waals surface area contributed by atoms with Gasteiger partial charge in [0, 0.05) is 43.1 Å². The number of piperazine rings is 1. The summed E-state index contributed by atoms with van der Waals surface area (Å²) in [6.07, 6.45) is 9.04. The van der Waals surface area contributed by atoms with E-state index in [0.717, 1.165) is 47.6 Å². The van der Waals surface area contributed by atoms with Gasteiger partial charge in [0.15, 0.2) is 11.5 Å². The Balaban J connectivity index is 1.69. The Morgan fingerprint density at radius 1 is 1.00 bits per heavy atom. The average molecular weight is 450 g/mol. The number of fused-ring (bicyclic) bond motifs is 1. The largest absolute Gasteiger partial charge is 0.493 e. The van der Waals surface area contributed by atoms with Crippen LogP contribution < -0.4 is 14.8 Å². The molecule has 3 heterocycles. The van der Waals surface area contributed by atoms with Crippen LogP contribution >= 0.6 is 0 Å². The predicted molar refractivity (Wildman–Crippen MR) is 132 cm³/mol. The van der Waals surface area contributed by atoms with Crippen molar-refractivity contribution in [2.24, 2.45) is 5.92 Å². The monoisotopic (exact) mass is 449 g/mol. The van der Waals surface area contributed by atoms with Gasteiger partial charge in [-0.25, -0.2) is 0 Å². The highest BCUT2D eigenvalue weighted by atomic mass is 16.5. The van der Waals surface area contributed by atoms with Crippen molar-refractivity contribution >= 4 is 11.5 Å². The standard InChI is InChI=1S/C27H35N3O3/c1-17-7-9-24-18(2)11-22(29-14-19(3)28-20(4)15-29)16-30(24)27(31)13-23(17)21-8-10-25(32-5)26(12-21)33-6/h8-13,16-17,19-20,28H,7,14-15H2,1-6H3. The summed E-state index contributed by atoms with van der Waals surface area (Å²) in [5.41, 5.74) is 5.17. The summed E-state index contributed by atoms with van der Waals surface area (Å²) in [5.74, 6) is 1.50. The van der Waals surface area contributed by atoms with E-state index in [2.05, 4.69) is 50.1 Å². The van der Waals surface area contributed by atoms with Crippen LogP contribution in [0.15, 0.2) is 59.6 Å². The average Bonchev–Trinajstić information content (AvgIpc) is 2.79. The highest BCUT2D eigenvalue weighted by Gasteiger charge is 2.29. The van der Waals surface area contributed by atoms with Crippen LogP contribution in [0.3, 0.4) is 0 Å². The second-order valence-corrected chi connectivity index (χ2v) is 9.36. The third-order valence-corrected chi connectivity index (χ3v) is 6.64. The quantitative estimate of drug-likeness (QED) is 0.742. The van der Waals surface area contributed by atoms with Crippen molar-refractivity contribution in [2.45, 2.75) is 46.2 Å². The van der Waals surface area contributed by atoms with Gasteiger partial charge < -0.3 is 19.7 Å². The van der Waals surface area contributed by atoms with Gasteiger partial charge in [-0.2, -0.15) is 0 Å². The maximum Gasteiger partial charge on any atom is 0.255 e. The van der Waals surface area contributed by atoms with Crippen LogP contribution in [0.1, 0.15) is 39.7 Å². The van der Waals surface area contributed by atoms with E-state index in [0.29, 0.717) is 23.6 Å². The Morgan fingerprint density at radius 3 is 2.36 bits per heavy atom. The molecular formula is C27H35N3O3. The fraction of sp³-hybridized carbons (Fsp3) is 0.444. The maximum atomic E-state index is 13.6. The number of benzene rings is 1. The Hall–Kier alpha value is -2.99. The molecule has 0 spiro atoms. The molecule has 1 amide bonds. The molecule has 176 valence electrons. The van der Waals surface area contributed by atoms with E-state index in [1.165, 1.54) is 0 Å². The molecule has 1 aromatic rings. The van der Waals surface area contributed by atoms with Gasteiger partial charge in [0.25, 0.3) is 5.91 Å². The minimum atomic E-state index is -0.0289. The van der Waals surface area contributed by atoms with Crippen LogP contribution in [0.2, 0.25) is 0 Å². The number of hydrogen-bond donors (Lipinski definition) is 1. The minimum Gasteiger partial charge on any atom is -0.493 e. The van der Waals surface area contributed by atoms with Crippen molar-refractivity contribution in [3.63, 3.8) is 0 Å². The van der Waals surface area contributed by atoms with Crippen molar-refractivity contribution in [1.29, 1.82) is 0 Å². The van der Waals surface area contributed by atoms with Crippen LogP contribution in [0.25, 0.3) is 5.57 Å². The van der Waals surface area contributed by atoms with Crippen molar-refractivity contribution in [1.82, 2.24) is 15.1 Å². The van der Waals surface area contributed by atoms with Gasteiger partial charge >= 0.3 is 0 Å². The van der Waals surface area contributed by atoms with E-state index in [4.69, 9.17) is 9.47 Å². The molecule has 3 atom stereocenters. The molecule has 0 bridgehead atoms. The summed E-state index contributed by atoms with van der Waals surface area (Å²) in [4.78, 5) is 17.7. The fourth-order valence-electron chi connectivity index (χ4n) is 5.02. The molecule has 3 aliphatic rings. The molecule has 0 aromatic heterocycles. The van der Waals surface area contributed by atoms with Crippen molar-refractivity contribution in [2.75, 3.05) is 27.3 Å². The molecular weight excluding hydrogens is 414 g/mol. The van der Waals surface area contributed by atoms with E-state index >= 15 is 0 Å². The lowest BCUT2D eigenvalue weighted by atomic mass is 9.88. The van der Waals surface area contributed by atoms with Gasteiger partial charge in [-0.3, -0.25) is 9.69 Å². The zero-order valence-corrected chi connectivity index (χ0v) is 20.5. The molecule has 6 heteroatoms. The Labute approximate surface area is 197 Å². The number of nitrogens with zero attached hydrogens (tertiary/aromatic N) is 2. The number of allylic oxidation sites excluding steroid dienone is 4. The molecule has 3 aliphatic heterocycles. The summed E-state index contributed by atoms with van der Waals surface area (Å²) >= 11 is 0. The molecule has 33 heavy (non-hydrogen) atoms. The third-order valence-electron chi connectivity index (χ3n) is 6.64. The van der Waals surface area contributed by atoms with Crippen LogP contribution in [0.4, 0.5) is 0 Å². The molecule has 3 unspecified atom stereocenters. The van der Waals surface area contributed by atoms with Gasteiger partial charge in [-0.1, -0.05) is 19.1 Å². The molecule has 1 aromatic carbocycles. The van der Waals surface area contributed by atoms with Gasteiger partial charge in [0.05, 0.1) is 19.9 Å². The third kappa shape index (κ3) is 4.71. The van der Waals surface area contributed by atoms with E-state index in [-0.39, 0.29) is 11.8 Å². The van der Waals surface area contributed by atoms with Crippen LogP contribution in [0.5, 0.6) is 11.5 Å². The summed E-state index contributed by atoms with van der Waals surface area (Å²) < 4.78 is 10.9. The summed E-state index contributed by atoms with van der Waals surface area (Å²) in [7, 11) is 3.26. The second kappa shape index (κ2) is 9.48. The molecule has 1 N–H and O–H groups in total. The smallest absolute Gasteiger partial charge is 0.255 e. The van der Waals surface area contributed by atoms with Crippen molar-refractivity contribution < 1.29 is 14.3 Å². The SMILES string of the molecule is COc1ccc(C2=CC(=O)N3C=C(N4CC(C)NC(C)C4)C=C(C)C3=CCC2C)cc1OC. The number of rotatable bonds is 4. The zero-order valence-electron chi connectivity index (χ0n) is 20.5. The van der Waals surface area contributed by atoms with Crippen LogP contribution in [-0.4, -0.2) is 55.1 Å². The zero-order chi connectivity index (χ0) is 23.7. The molecule has 0 saturated carbocycles.